The molecule has 19 heavy (non-hydrogen) atoms. The molecule has 0 bridgehead atoms. The summed E-state index contributed by atoms with van der Waals surface area (Å²) >= 11 is 0. The number of rotatable bonds is 2. The third kappa shape index (κ3) is 3.84. The van der Waals surface area contributed by atoms with E-state index in [1.165, 1.54) is 5.56 Å². The summed E-state index contributed by atoms with van der Waals surface area (Å²) in [5, 5.41) is 0. The second-order valence-corrected chi connectivity index (χ2v) is 4.91. The van der Waals surface area contributed by atoms with Gasteiger partial charge in [-0.15, -0.1) is 0 Å². The topological polar surface area (TPSA) is 23.6 Å². The van der Waals surface area contributed by atoms with Gasteiger partial charge >= 0.3 is 0 Å². The highest BCUT2D eigenvalue weighted by Gasteiger charge is 2.10. The first-order valence-electron chi connectivity index (χ1n) is 6.77. The van der Waals surface area contributed by atoms with Crippen LogP contribution in [0.3, 0.4) is 0 Å². The molecule has 1 aromatic carbocycles. The van der Waals surface area contributed by atoms with Crippen LogP contribution in [-0.4, -0.2) is 48.8 Å². The number of piperazine rings is 1. The molecule has 1 aliphatic rings. The van der Waals surface area contributed by atoms with E-state index in [4.69, 9.17) is 0 Å². The number of aryl methyl sites for hydroxylation is 1. The Morgan fingerprint density at radius 2 is 1.79 bits per heavy atom. The molecule has 1 heterocycles. The number of nitrogens with zero attached hydrogens (tertiary/aromatic N) is 2. The van der Waals surface area contributed by atoms with E-state index in [2.05, 4.69) is 30.8 Å². The SMILES string of the molecule is CCc1ccc(C(=O)C#CN2CCN(C)CC2)cc1. The van der Waals surface area contributed by atoms with E-state index < -0.39 is 0 Å². The molecule has 0 spiro atoms. The van der Waals surface area contributed by atoms with Crippen molar-refractivity contribution in [1.29, 1.82) is 0 Å². The van der Waals surface area contributed by atoms with Crippen LogP contribution in [0, 0.1) is 12.0 Å². The Balaban J connectivity index is 1.97. The molecule has 0 unspecified atom stereocenters. The van der Waals surface area contributed by atoms with Gasteiger partial charge < -0.3 is 9.80 Å². The number of carbonyl (C=O) groups excluding carboxylic acids is 1. The number of carbonyl (C=O) groups is 1. The van der Waals surface area contributed by atoms with Gasteiger partial charge in [-0.2, -0.15) is 0 Å². The predicted molar refractivity (Wildman–Crippen MR) is 77.0 cm³/mol. The van der Waals surface area contributed by atoms with Crippen LogP contribution in [0.25, 0.3) is 0 Å². The predicted octanol–water partition coefficient (Wildman–Crippen LogP) is 1.64. The lowest BCUT2D eigenvalue weighted by Gasteiger charge is -2.29. The van der Waals surface area contributed by atoms with E-state index in [-0.39, 0.29) is 5.78 Å². The molecule has 2 rings (SSSR count). The molecule has 0 radical (unpaired) electrons. The zero-order valence-electron chi connectivity index (χ0n) is 11.6. The maximum atomic E-state index is 11.9. The van der Waals surface area contributed by atoms with Gasteiger partial charge in [-0.1, -0.05) is 31.2 Å². The van der Waals surface area contributed by atoms with Gasteiger partial charge in [-0.05, 0) is 25.0 Å². The Hall–Kier alpha value is -1.79. The van der Waals surface area contributed by atoms with Gasteiger partial charge in [0.2, 0.25) is 5.78 Å². The van der Waals surface area contributed by atoms with Crippen LogP contribution >= 0.6 is 0 Å². The van der Waals surface area contributed by atoms with Crippen molar-refractivity contribution in [2.75, 3.05) is 33.2 Å². The van der Waals surface area contributed by atoms with Crippen LogP contribution in [0.4, 0.5) is 0 Å². The number of hydrogen-bond acceptors (Lipinski definition) is 3. The number of benzene rings is 1. The van der Waals surface area contributed by atoms with Gasteiger partial charge in [-0.3, -0.25) is 4.79 Å². The summed E-state index contributed by atoms with van der Waals surface area (Å²) in [4.78, 5) is 16.2. The highest BCUT2D eigenvalue weighted by atomic mass is 16.1. The van der Waals surface area contributed by atoms with Crippen LogP contribution in [-0.2, 0) is 6.42 Å². The largest absolute Gasteiger partial charge is 0.330 e. The Bertz CT molecular complexity index is 488. The summed E-state index contributed by atoms with van der Waals surface area (Å²) in [7, 11) is 2.10. The number of ketones is 1. The summed E-state index contributed by atoms with van der Waals surface area (Å²) in [6.07, 6.45) is 0.988. The molecule has 3 heteroatoms. The molecule has 1 fully saturated rings. The van der Waals surface area contributed by atoms with Crippen LogP contribution in [0.2, 0.25) is 0 Å². The number of likely N-dealkylation sites (N-methyl/N-ethyl adjacent to an activating group) is 1. The smallest absolute Gasteiger partial charge is 0.237 e. The minimum absolute atomic E-state index is 0.0958. The van der Waals surface area contributed by atoms with Crippen molar-refractivity contribution in [1.82, 2.24) is 9.80 Å². The van der Waals surface area contributed by atoms with Crippen molar-refractivity contribution in [3.05, 3.63) is 35.4 Å². The fourth-order valence-electron chi connectivity index (χ4n) is 2.01. The van der Waals surface area contributed by atoms with E-state index in [1.807, 2.05) is 29.2 Å². The van der Waals surface area contributed by atoms with Crippen LogP contribution in [0.15, 0.2) is 24.3 Å². The highest BCUT2D eigenvalue weighted by molar-refractivity contribution is 6.08. The van der Waals surface area contributed by atoms with Crippen LogP contribution < -0.4 is 0 Å². The van der Waals surface area contributed by atoms with Gasteiger partial charge in [-0.25, -0.2) is 0 Å². The van der Waals surface area contributed by atoms with Crippen molar-refractivity contribution in [2.24, 2.45) is 0 Å². The Morgan fingerprint density at radius 1 is 1.16 bits per heavy atom. The van der Waals surface area contributed by atoms with Gasteiger partial charge in [0, 0.05) is 37.8 Å². The minimum atomic E-state index is -0.0958. The van der Waals surface area contributed by atoms with E-state index >= 15 is 0 Å². The molecule has 1 saturated heterocycles. The highest BCUT2D eigenvalue weighted by Crippen LogP contribution is 2.05. The van der Waals surface area contributed by atoms with Gasteiger partial charge in [0.1, 0.15) is 0 Å². The van der Waals surface area contributed by atoms with Gasteiger partial charge in [0.25, 0.3) is 0 Å². The van der Waals surface area contributed by atoms with Crippen LogP contribution in [0.1, 0.15) is 22.8 Å². The van der Waals surface area contributed by atoms with E-state index in [0.29, 0.717) is 5.56 Å². The third-order valence-electron chi connectivity index (χ3n) is 3.46. The molecule has 0 atom stereocenters. The Labute approximate surface area is 115 Å². The minimum Gasteiger partial charge on any atom is -0.330 e. The van der Waals surface area contributed by atoms with Gasteiger partial charge in [0.05, 0.1) is 0 Å². The Morgan fingerprint density at radius 3 is 2.37 bits per heavy atom. The monoisotopic (exact) mass is 256 g/mol. The molecular weight excluding hydrogens is 236 g/mol. The average molecular weight is 256 g/mol. The lowest BCUT2D eigenvalue weighted by atomic mass is 10.1. The zero-order chi connectivity index (χ0) is 13.7. The molecule has 0 aromatic heterocycles. The number of hydrogen-bond donors (Lipinski definition) is 0. The lowest BCUT2D eigenvalue weighted by Crippen LogP contribution is -2.42. The summed E-state index contributed by atoms with van der Waals surface area (Å²) in [6, 6.07) is 10.7. The standard InChI is InChI=1S/C16H20N2O/c1-3-14-4-6-15(7-5-14)16(19)8-9-18-12-10-17(2)11-13-18/h4-7H,3,10-13H2,1-2H3. The molecule has 1 aliphatic heterocycles. The van der Waals surface area contributed by atoms with Crippen LogP contribution in [0.5, 0.6) is 0 Å². The number of Topliss-reactive ketones (excluding diaryl/α,β-unsaturated/α-hetero) is 1. The summed E-state index contributed by atoms with van der Waals surface area (Å²) < 4.78 is 0. The average Bonchev–Trinajstić information content (AvgIpc) is 2.46. The first kappa shape index (κ1) is 13.6. The lowest BCUT2D eigenvalue weighted by molar-refractivity contribution is 0.105. The molecule has 0 N–H and O–H groups in total. The summed E-state index contributed by atoms with van der Waals surface area (Å²) in [5.41, 5.74) is 1.92. The fourth-order valence-corrected chi connectivity index (χ4v) is 2.01. The molecule has 0 saturated carbocycles. The summed E-state index contributed by atoms with van der Waals surface area (Å²) in [6.45, 7) is 5.93. The first-order chi connectivity index (χ1) is 9.19. The van der Waals surface area contributed by atoms with E-state index in [0.717, 1.165) is 32.6 Å². The van der Waals surface area contributed by atoms with E-state index in [1.54, 1.807) is 0 Å². The van der Waals surface area contributed by atoms with Crippen molar-refractivity contribution in [3.63, 3.8) is 0 Å². The third-order valence-corrected chi connectivity index (χ3v) is 3.46. The Kier molecular flexibility index (Phi) is 4.59. The second-order valence-electron chi connectivity index (χ2n) is 4.91. The molecule has 1 aromatic rings. The fraction of sp³-hybridized carbons (Fsp3) is 0.438. The van der Waals surface area contributed by atoms with Crippen molar-refractivity contribution in [3.8, 4) is 12.0 Å². The maximum Gasteiger partial charge on any atom is 0.237 e. The van der Waals surface area contributed by atoms with Crippen molar-refractivity contribution in [2.45, 2.75) is 13.3 Å². The van der Waals surface area contributed by atoms with Gasteiger partial charge in [0.15, 0.2) is 0 Å². The molecule has 0 amide bonds. The molecule has 3 nitrogen and oxygen atoms in total. The second kappa shape index (κ2) is 6.40. The maximum absolute atomic E-state index is 11.9. The van der Waals surface area contributed by atoms with E-state index in [9.17, 15) is 4.79 Å². The van der Waals surface area contributed by atoms with Crippen molar-refractivity contribution >= 4 is 5.78 Å². The zero-order valence-corrected chi connectivity index (χ0v) is 11.6. The molecular formula is C16H20N2O. The quantitative estimate of drug-likeness (QED) is 0.593. The summed E-state index contributed by atoms with van der Waals surface area (Å²) in [5.74, 6) is 2.64. The molecule has 100 valence electrons. The first-order valence-corrected chi connectivity index (χ1v) is 6.77. The molecule has 0 aliphatic carbocycles. The van der Waals surface area contributed by atoms with Crippen molar-refractivity contribution < 1.29 is 4.79 Å². The normalized spacial score (nSPS) is 15.8.